The molecular formula is C17H28FN3. The van der Waals surface area contributed by atoms with Gasteiger partial charge in [0.2, 0.25) is 0 Å². The maximum absolute atomic E-state index is 13.9. The Morgan fingerprint density at radius 1 is 1.29 bits per heavy atom. The normalized spacial score (nSPS) is 20.7. The highest BCUT2D eigenvalue weighted by atomic mass is 19.1. The van der Waals surface area contributed by atoms with E-state index < -0.39 is 0 Å². The Hall–Kier alpha value is -0.970. The van der Waals surface area contributed by atoms with Crippen molar-refractivity contribution in [3.8, 4) is 0 Å². The highest BCUT2D eigenvalue weighted by Gasteiger charge is 2.34. The first-order valence-corrected chi connectivity index (χ1v) is 7.81. The molecule has 1 aliphatic heterocycles. The summed E-state index contributed by atoms with van der Waals surface area (Å²) < 4.78 is 13.9. The first-order chi connectivity index (χ1) is 9.96. The molecule has 2 N–H and O–H groups in total. The van der Waals surface area contributed by atoms with Crippen molar-refractivity contribution >= 4 is 0 Å². The molecule has 21 heavy (non-hydrogen) atoms. The van der Waals surface area contributed by atoms with E-state index in [1.54, 1.807) is 6.07 Å². The molecule has 0 bridgehead atoms. The molecule has 1 aromatic carbocycles. The van der Waals surface area contributed by atoms with Gasteiger partial charge in [-0.2, -0.15) is 0 Å². The summed E-state index contributed by atoms with van der Waals surface area (Å²) in [5, 5.41) is 0. The van der Waals surface area contributed by atoms with Crippen molar-refractivity contribution < 1.29 is 4.39 Å². The number of nitrogens with zero attached hydrogens (tertiary/aromatic N) is 2. The predicted octanol–water partition coefficient (Wildman–Crippen LogP) is 2.11. The van der Waals surface area contributed by atoms with Crippen LogP contribution in [0.25, 0.3) is 0 Å². The molecule has 1 aromatic rings. The molecule has 1 unspecified atom stereocenters. The van der Waals surface area contributed by atoms with Crippen LogP contribution >= 0.6 is 0 Å². The average molecular weight is 293 g/mol. The lowest BCUT2D eigenvalue weighted by molar-refractivity contribution is 0.0555. The van der Waals surface area contributed by atoms with Gasteiger partial charge in [0, 0.05) is 31.2 Å². The second-order valence-corrected chi connectivity index (χ2v) is 6.65. The molecule has 0 aliphatic carbocycles. The molecule has 4 heteroatoms. The van der Waals surface area contributed by atoms with Gasteiger partial charge in [-0.15, -0.1) is 0 Å². The molecule has 118 valence electrons. The minimum atomic E-state index is -0.167. The van der Waals surface area contributed by atoms with Crippen molar-refractivity contribution in [2.24, 2.45) is 5.73 Å². The minimum Gasteiger partial charge on any atom is -0.329 e. The first kappa shape index (κ1) is 16.4. The van der Waals surface area contributed by atoms with Gasteiger partial charge in [0.25, 0.3) is 0 Å². The van der Waals surface area contributed by atoms with Crippen molar-refractivity contribution in [3.05, 3.63) is 35.6 Å². The Labute approximate surface area is 127 Å². The van der Waals surface area contributed by atoms with Crippen LogP contribution in [0.2, 0.25) is 0 Å². The van der Waals surface area contributed by atoms with E-state index in [9.17, 15) is 4.39 Å². The maximum atomic E-state index is 13.9. The van der Waals surface area contributed by atoms with Gasteiger partial charge in [0.15, 0.2) is 0 Å². The molecule has 1 fully saturated rings. The quantitative estimate of drug-likeness (QED) is 0.902. The number of likely N-dealkylation sites (tertiary alicyclic amines) is 1. The molecule has 0 radical (unpaired) electrons. The van der Waals surface area contributed by atoms with E-state index in [4.69, 9.17) is 5.73 Å². The Morgan fingerprint density at radius 2 is 1.90 bits per heavy atom. The molecular weight excluding hydrogens is 265 g/mol. The predicted molar refractivity (Wildman–Crippen MR) is 85.8 cm³/mol. The third kappa shape index (κ3) is 3.82. The van der Waals surface area contributed by atoms with Gasteiger partial charge in [0.1, 0.15) is 5.82 Å². The van der Waals surface area contributed by atoms with Crippen LogP contribution in [0, 0.1) is 5.82 Å². The van der Waals surface area contributed by atoms with E-state index in [-0.39, 0.29) is 11.4 Å². The molecule has 1 atom stereocenters. The minimum absolute atomic E-state index is 0.125. The van der Waals surface area contributed by atoms with Crippen LogP contribution in [0.4, 0.5) is 4.39 Å². The zero-order valence-electron chi connectivity index (χ0n) is 13.5. The number of rotatable bonds is 5. The summed E-state index contributed by atoms with van der Waals surface area (Å²) in [7, 11) is 4.28. The van der Waals surface area contributed by atoms with Crippen LogP contribution in [-0.4, -0.2) is 55.1 Å². The average Bonchev–Trinajstić information content (AvgIpc) is 2.49. The van der Waals surface area contributed by atoms with Gasteiger partial charge in [-0.1, -0.05) is 18.2 Å². The lowest BCUT2D eigenvalue weighted by Crippen LogP contribution is -2.57. The topological polar surface area (TPSA) is 32.5 Å². The number of hydrogen-bond acceptors (Lipinski definition) is 3. The summed E-state index contributed by atoms with van der Waals surface area (Å²) in [5.74, 6) is -0.125. The van der Waals surface area contributed by atoms with Gasteiger partial charge >= 0.3 is 0 Å². The Balaban J connectivity index is 2.06. The van der Waals surface area contributed by atoms with Crippen molar-refractivity contribution in [2.45, 2.75) is 37.8 Å². The van der Waals surface area contributed by atoms with Crippen molar-refractivity contribution in [2.75, 3.05) is 33.7 Å². The van der Waals surface area contributed by atoms with Crippen molar-refractivity contribution in [1.29, 1.82) is 0 Å². The van der Waals surface area contributed by atoms with Gasteiger partial charge in [-0.05, 0) is 51.9 Å². The molecule has 3 nitrogen and oxygen atoms in total. The Morgan fingerprint density at radius 3 is 2.43 bits per heavy atom. The second-order valence-electron chi connectivity index (χ2n) is 6.65. The molecule has 1 saturated heterocycles. The third-order valence-electron chi connectivity index (χ3n) is 4.93. The van der Waals surface area contributed by atoms with Crippen LogP contribution < -0.4 is 5.73 Å². The third-order valence-corrected chi connectivity index (χ3v) is 4.93. The Kier molecular flexibility index (Phi) is 5.36. The zero-order valence-corrected chi connectivity index (χ0v) is 13.5. The molecule has 0 aromatic heterocycles. The van der Waals surface area contributed by atoms with E-state index in [1.165, 1.54) is 6.07 Å². The van der Waals surface area contributed by atoms with Gasteiger partial charge in [0.05, 0.1) is 0 Å². The summed E-state index contributed by atoms with van der Waals surface area (Å²) in [6.45, 7) is 4.78. The van der Waals surface area contributed by atoms with Gasteiger partial charge in [-0.3, -0.25) is 4.90 Å². The standard InChI is InChI=1S/C17H28FN3/c1-17(13-19,12-14-6-4-5-7-16(14)18)21-10-8-15(9-11-21)20(2)3/h4-7,15H,8-13,19H2,1-3H3. The van der Waals surface area contributed by atoms with Gasteiger partial charge in [-0.25, -0.2) is 4.39 Å². The van der Waals surface area contributed by atoms with E-state index in [1.807, 2.05) is 12.1 Å². The van der Waals surface area contributed by atoms with Crippen LogP contribution in [-0.2, 0) is 6.42 Å². The molecule has 1 aliphatic rings. The lowest BCUT2D eigenvalue weighted by atomic mass is 9.88. The lowest BCUT2D eigenvalue weighted by Gasteiger charge is -2.45. The largest absolute Gasteiger partial charge is 0.329 e. The first-order valence-electron chi connectivity index (χ1n) is 7.81. The highest BCUT2D eigenvalue weighted by Crippen LogP contribution is 2.26. The summed E-state index contributed by atoms with van der Waals surface area (Å²) in [4.78, 5) is 4.74. The van der Waals surface area contributed by atoms with Gasteiger partial charge < -0.3 is 10.6 Å². The van der Waals surface area contributed by atoms with E-state index in [0.29, 0.717) is 19.0 Å². The SMILES string of the molecule is CN(C)C1CCN(C(C)(CN)Cc2ccccc2F)CC1. The molecule has 2 rings (SSSR count). The van der Waals surface area contributed by atoms with Crippen LogP contribution in [0.15, 0.2) is 24.3 Å². The monoisotopic (exact) mass is 293 g/mol. The number of benzene rings is 1. The maximum Gasteiger partial charge on any atom is 0.126 e. The summed E-state index contributed by atoms with van der Waals surface area (Å²) in [6, 6.07) is 7.69. The Bertz CT molecular complexity index is 455. The highest BCUT2D eigenvalue weighted by molar-refractivity contribution is 5.20. The van der Waals surface area contributed by atoms with Crippen LogP contribution in [0.1, 0.15) is 25.3 Å². The van der Waals surface area contributed by atoms with E-state index in [0.717, 1.165) is 31.5 Å². The fourth-order valence-corrected chi connectivity index (χ4v) is 3.29. The number of nitrogens with two attached hydrogens (primary N) is 1. The van der Waals surface area contributed by atoms with Crippen LogP contribution in [0.3, 0.4) is 0 Å². The molecule has 0 saturated carbocycles. The van der Waals surface area contributed by atoms with Crippen molar-refractivity contribution in [1.82, 2.24) is 9.80 Å². The smallest absolute Gasteiger partial charge is 0.126 e. The second kappa shape index (κ2) is 6.86. The van der Waals surface area contributed by atoms with Crippen LogP contribution in [0.5, 0.6) is 0 Å². The van der Waals surface area contributed by atoms with E-state index >= 15 is 0 Å². The summed E-state index contributed by atoms with van der Waals surface area (Å²) >= 11 is 0. The number of hydrogen-bond donors (Lipinski definition) is 1. The van der Waals surface area contributed by atoms with Crippen molar-refractivity contribution in [3.63, 3.8) is 0 Å². The fraction of sp³-hybridized carbons (Fsp3) is 0.647. The number of piperidine rings is 1. The molecule has 0 spiro atoms. The summed E-state index contributed by atoms with van der Waals surface area (Å²) in [5.41, 5.74) is 6.65. The molecule has 0 amide bonds. The zero-order chi connectivity index (χ0) is 15.5. The molecule has 1 heterocycles. The van der Waals surface area contributed by atoms with E-state index in [2.05, 4.69) is 30.8 Å². The fourth-order valence-electron chi connectivity index (χ4n) is 3.29. The summed E-state index contributed by atoms with van der Waals surface area (Å²) in [6.07, 6.45) is 2.97. The number of halogens is 1.